The first-order valence-corrected chi connectivity index (χ1v) is 5.48. The molecule has 0 amide bonds. The molecule has 0 N–H and O–H groups in total. The molecule has 4 nitrogen and oxygen atoms in total. The van der Waals surface area contributed by atoms with Crippen LogP contribution in [-0.2, 0) is 4.74 Å². The molecule has 0 bridgehead atoms. The van der Waals surface area contributed by atoms with Crippen molar-refractivity contribution in [2.24, 2.45) is 5.92 Å². The monoisotopic (exact) mass is 221 g/mol. The minimum atomic E-state index is -0.562. The molecule has 2 atom stereocenters. The van der Waals surface area contributed by atoms with Crippen LogP contribution in [0, 0.1) is 5.92 Å². The number of esters is 1. The summed E-state index contributed by atoms with van der Waals surface area (Å²) in [4.78, 5) is 23.3. The molecule has 0 aliphatic heterocycles. The number of hydrogen-bond donors (Lipinski definition) is 0. The first-order chi connectivity index (χ1) is 7.69. The molecule has 1 aromatic heterocycles. The van der Waals surface area contributed by atoms with Crippen LogP contribution in [0.1, 0.15) is 36.2 Å². The topological polar surface area (TPSA) is 48.3 Å². The van der Waals surface area contributed by atoms with Crippen molar-refractivity contribution in [1.29, 1.82) is 0 Å². The lowest BCUT2D eigenvalue weighted by Gasteiger charge is -2.06. The van der Waals surface area contributed by atoms with Crippen LogP contribution in [0.25, 0.3) is 0 Å². The minimum Gasteiger partial charge on any atom is -0.465 e. The fourth-order valence-corrected chi connectivity index (χ4v) is 2.05. The molecule has 1 saturated carbocycles. The van der Waals surface area contributed by atoms with Gasteiger partial charge in [-0.05, 0) is 24.5 Å². The van der Waals surface area contributed by atoms with Gasteiger partial charge in [-0.15, -0.1) is 0 Å². The maximum absolute atomic E-state index is 12.0. The Morgan fingerprint density at radius 1 is 1.62 bits per heavy atom. The summed E-state index contributed by atoms with van der Waals surface area (Å²) in [7, 11) is 1.28. The molecule has 0 spiro atoms. The van der Waals surface area contributed by atoms with Gasteiger partial charge in [-0.3, -0.25) is 4.79 Å². The van der Waals surface area contributed by atoms with Crippen molar-refractivity contribution in [2.45, 2.75) is 25.8 Å². The summed E-state index contributed by atoms with van der Waals surface area (Å²) in [5, 5.41) is 0. The third-order valence-electron chi connectivity index (χ3n) is 3.15. The van der Waals surface area contributed by atoms with Crippen molar-refractivity contribution >= 4 is 5.97 Å². The molecule has 2 rings (SSSR count). The molecule has 1 aliphatic rings. The lowest BCUT2D eigenvalue weighted by atomic mass is 10.2. The number of pyridine rings is 1. The number of hydrogen-bond acceptors (Lipinski definition) is 3. The number of ether oxygens (including phenoxy) is 1. The molecule has 1 aliphatic carbocycles. The van der Waals surface area contributed by atoms with Crippen LogP contribution in [0.3, 0.4) is 0 Å². The highest BCUT2D eigenvalue weighted by molar-refractivity contribution is 5.88. The lowest BCUT2D eigenvalue weighted by Crippen LogP contribution is -2.26. The predicted octanol–water partition coefficient (Wildman–Crippen LogP) is 1.61. The number of carbonyl (C=O) groups excluding carboxylic acids is 1. The third kappa shape index (κ3) is 1.75. The van der Waals surface area contributed by atoms with Gasteiger partial charge in [0.05, 0.1) is 7.11 Å². The molecule has 1 unspecified atom stereocenters. The van der Waals surface area contributed by atoms with Crippen LogP contribution in [0.5, 0.6) is 0 Å². The normalized spacial score (nSPS) is 22.9. The second-order valence-corrected chi connectivity index (χ2v) is 4.10. The summed E-state index contributed by atoms with van der Waals surface area (Å²) in [6.07, 6.45) is 3.84. The van der Waals surface area contributed by atoms with E-state index in [1.54, 1.807) is 16.8 Å². The zero-order chi connectivity index (χ0) is 11.7. The van der Waals surface area contributed by atoms with Gasteiger partial charge in [0.25, 0.3) is 5.56 Å². The number of rotatable bonds is 3. The predicted molar refractivity (Wildman–Crippen MR) is 59.5 cm³/mol. The van der Waals surface area contributed by atoms with E-state index in [2.05, 4.69) is 11.7 Å². The Kier molecular flexibility index (Phi) is 2.81. The van der Waals surface area contributed by atoms with E-state index < -0.39 is 5.97 Å². The van der Waals surface area contributed by atoms with Gasteiger partial charge >= 0.3 is 5.97 Å². The maximum atomic E-state index is 12.0. The average Bonchev–Trinajstić information content (AvgIpc) is 3.07. The van der Waals surface area contributed by atoms with Crippen molar-refractivity contribution in [3.63, 3.8) is 0 Å². The number of aromatic nitrogens is 1. The van der Waals surface area contributed by atoms with Gasteiger partial charge in [0.2, 0.25) is 0 Å². The minimum absolute atomic E-state index is 0.117. The fraction of sp³-hybridized carbons (Fsp3) is 0.500. The number of carbonyl (C=O) groups is 1. The summed E-state index contributed by atoms with van der Waals surface area (Å²) >= 11 is 0. The van der Waals surface area contributed by atoms with E-state index in [0.717, 1.165) is 12.8 Å². The highest BCUT2D eigenvalue weighted by atomic mass is 16.5. The van der Waals surface area contributed by atoms with Crippen molar-refractivity contribution in [3.05, 3.63) is 34.2 Å². The Morgan fingerprint density at radius 3 is 2.94 bits per heavy atom. The molecular formula is C12H15NO3. The molecule has 1 fully saturated rings. The maximum Gasteiger partial charge on any atom is 0.343 e. The molecule has 0 saturated heterocycles. The summed E-state index contributed by atoms with van der Waals surface area (Å²) in [5.41, 5.74) is -0.123. The van der Waals surface area contributed by atoms with Gasteiger partial charge in [-0.1, -0.05) is 13.3 Å². The fourth-order valence-electron chi connectivity index (χ4n) is 2.05. The Bertz CT molecular complexity index is 464. The second-order valence-electron chi connectivity index (χ2n) is 4.10. The van der Waals surface area contributed by atoms with Gasteiger partial charge in [0, 0.05) is 12.2 Å². The molecule has 16 heavy (non-hydrogen) atoms. The number of nitrogens with zero attached hydrogens (tertiary/aromatic N) is 1. The second kappa shape index (κ2) is 4.12. The Labute approximate surface area is 93.8 Å². The van der Waals surface area contributed by atoms with Crippen LogP contribution >= 0.6 is 0 Å². The third-order valence-corrected chi connectivity index (χ3v) is 3.15. The van der Waals surface area contributed by atoms with Crippen LogP contribution in [-0.4, -0.2) is 17.6 Å². The van der Waals surface area contributed by atoms with Crippen LogP contribution in [0.15, 0.2) is 23.1 Å². The van der Waals surface area contributed by atoms with E-state index in [0.29, 0.717) is 5.92 Å². The van der Waals surface area contributed by atoms with Crippen molar-refractivity contribution in [3.8, 4) is 0 Å². The Morgan fingerprint density at radius 2 is 2.38 bits per heavy atom. The summed E-state index contributed by atoms with van der Waals surface area (Å²) < 4.78 is 6.23. The molecule has 1 heterocycles. The molecule has 0 aromatic carbocycles. The van der Waals surface area contributed by atoms with Crippen LogP contribution < -0.4 is 5.56 Å². The van der Waals surface area contributed by atoms with E-state index in [1.165, 1.54) is 13.2 Å². The first kappa shape index (κ1) is 10.9. The standard InChI is InChI=1S/C12H15NO3/c1-3-8-7-10(8)13-6-4-5-9(11(13)14)12(15)16-2/h4-6,8,10H,3,7H2,1-2H3/t8?,10-/m0/s1. The highest BCUT2D eigenvalue weighted by Crippen LogP contribution is 2.44. The van der Waals surface area contributed by atoms with Gasteiger partial charge in [-0.25, -0.2) is 4.79 Å². The summed E-state index contributed by atoms with van der Waals surface area (Å²) in [5.74, 6) is 0.0126. The molecular weight excluding hydrogens is 206 g/mol. The van der Waals surface area contributed by atoms with E-state index in [-0.39, 0.29) is 17.2 Å². The van der Waals surface area contributed by atoms with Crippen molar-refractivity contribution < 1.29 is 9.53 Å². The molecule has 1 aromatic rings. The average molecular weight is 221 g/mol. The van der Waals surface area contributed by atoms with Gasteiger partial charge in [0.1, 0.15) is 5.56 Å². The van der Waals surface area contributed by atoms with Crippen LogP contribution in [0.4, 0.5) is 0 Å². The van der Waals surface area contributed by atoms with Crippen molar-refractivity contribution in [1.82, 2.24) is 4.57 Å². The number of methoxy groups -OCH3 is 1. The summed E-state index contributed by atoms with van der Waals surface area (Å²) in [6, 6.07) is 3.49. The van der Waals surface area contributed by atoms with E-state index in [1.807, 2.05) is 0 Å². The summed E-state index contributed by atoms with van der Waals surface area (Å²) in [6.45, 7) is 2.11. The SMILES string of the molecule is CCC1C[C@@H]1n1cccc(C(=O)OC)c1=O. The zero-order valence-electron chi connectivity index (χ0n) is 9.47. The first-order valence-electron chi connectivity index (χ1n) is 5.48. The van der Waals surface area contributed by atoms with E-state index in [4.69, 9.17) is 0 Å². The van der Waals surface area contributed by atoms with E-state index >= 15 is 0 Å². The largest absolute Gasteiger partial charge is 0.465 e. The molecule has 4 heteroatoms. The van der Waals surface area contributed by atoms with Gasteiger partial charge < -0.3 is 9.30 Å². The van der Waals surface area contributed by atoms with Gasteiger partial charge in [-0.2, -0.15) is 0 Å². The highest BCUT2D eigenvalue weighted by Gasteiger charge is 2.37. The smallest absolute Gasteiger partial charge is 0.343 e. The molecule has 86 valence electrons. The van der Waals surface area contributed by atoms with Crippen LogP contribution in [0.2, 0.25) is 0 Å². The van der Waals surface area contributed by atoms with Crippen molar-refractivity contribution in [2.75, 3.05) is 7.11 Å². The van der Waals surface area contributed by atoms with Gasteiger partial charge in [0.15, 0.2) is 0 Å². The quantitative estimate of drug-likeness (QED) is 0.728. The zero-order valence-corrected chi connectivity index (χ0v) is 9.47. The van der Waals surface area contributed by atoms with E-state index in [9.17, 15) is 9.59 Å². The Hall–Kier alpha value is -1.58. The Balaban J connectivity index is 2.35. The molecule has 0 radical (unpaired) electrons. The lowest BCUT2D eigenvalue weighted by molar-refractivity contribution is 0.0598.